The lowest BCUT2D eigenvalue weighted by Crippen LogP contribution is -2.17. The molecule has 0 aliphatic rings. The Morgan fingerprint density at radius 1 is 1.31 bits per heavy atom. The maximum absolute atomic E-state index is 13.5. The first-order valence-electron chi connectivity index (χ1n) is 4.60. The number of hydrogen-bond acceptors (Lipinski definition) is 2. The Balaban J connectivity index is 3.14. The van der Waals surface area contributed by atoms with Crippen molar-refractivity contribution in [3.63, 3.8) is 0 Å². The number of nitrogens with two attached hydrogens (primary N) is 1. The topological polar surface area (TPSA) is 46.2 Å². The highest BCUT2D eigenvalue weighted by molar-refractivity contribution is 5.30. The zero-order valence-corrected chi connectivity index (χ0v) is 8.26. The van der Waals surface area contributed by atoms with E-state index < -0.39 is 23.6 Å². The fourth-order valence-electron chi connectivity index (χ4n) is 1.35. The van der Waals surface area contributed by atoms with Crippen LogP contribution >= 0.6 is 0 Å². The van der Waals surface area contributed by atoms with Crippen LogP contribution in [0.15, 0.2) is 18.2 Å². The van der Waals surface area contributed by atoms with Crippen LogP contribution in [-0.2, 0) is 6.18 Å². The van der Waals surface area contributed by atoms with E-state index in [4.69, 9.17) is 10.8 Å². The minimum Gasteiger partial charge on any atom is -0.396 e. The summed E-state index contributed by atoms with van der Waals surface area (Å²) in [5.74, 6) is -1.36. The molecule has 0 saturated carbocycles. The summed E-state index contributed by atoms with van der Waals surface area (Å²) in [6.45, 7) is -0.309. The van der Waals surface area contributed by atoms with Gasteiger partial charge in [-0.25, -0.2) is 4.39 Å². The molecule has 0 aliphatic carbocycles. The van der Waals surface area contributed by atoms with Crippen LogP contribution in [0, 0.1) is 5.82 Å². The quantitative estimate of drug-likeness (QED) is 0.792. The predicted molar refractivity (Wildman–Crippen MR) is 50.0 cm³/mol. The Labute approximate surface area is 89.7 Å². The number of aliphatic hydroxyl groups is 1. The number of hydrogen-bond donors (Lipinski definition) is 2. The van der Waals surface area contributed by atoms with Crippen LogP contribution in [0.5, 0.6) is 0 Å². The van der Waals surface area contributed by atoms with Gasteiger partial charge in [0.1, 0.15) is 5.82 Å². The van der Waals surface area contributed by atoms with Gasteiger partial charge in [0.2, 0.25) is 0 Å². The van der Waals surface area contributed by atoms with Gasteiger partial charge in [0.05, 0.1) is 5.56 Å². The van der Waals surface area contributed by atoms with Crippen molar-refractivity contribution < 1.29 is 22.7 Å². The van der Waals surface area contributed by atoms with Crippen molar-refractivity contribution in [1.29, 1.82) is 0 Å². The molecule has 1 aromatic carbocycles. The molecule has 16 heavy (non-hydrogen) atoms. The van der Waals surface area contributed by atoms with E-state index in [-0.39, 0.29) is 18.6 Å². The van der Waals surface area contributed by atoms with Crippen LogP contribution in [-0.4, -0.2) is 11.7 Å². The predicted octanol–water partition coefficient (Wildman–Crippen LogP) is 2.23. The molecule has 0 spiro atoms. The van der Waals surface area contributed by atoms with Gasteiger partial charge in [0.25, 0.3) is 0 Å². The lowest BCUT2D eigenvalue weighted by atomic mass is 10.0. The van der Waals surface area contributed by atoms with Crippen LogP contribution in [0.2, 0.25) is 0 Å². The minimum absolute atomic E-state index is 0.0121. The van der Waals surface area contributed by atoms with E-state index in [1.165, 1.54) is 6.07 Å². The summed E-state index contributed by atoms with van der Waals surface area (Å²) in [5, 5.41) is 8.59. The highest BCUT2D eigenvalue weighted by atomic mass is 19.4. The van der Waals surface area contributed by atoms with Crippen molar-refractivity contribution in [1.82, 2.24) is 0 Å². The number of rotatable bonds is 3. The highest BCUT2D eigenvalue weighted by Gasteiger charge is 2.35. The van der Waals surface area contributed by atoms with Crippen molar-refractivity contribution in [2.24, 2.45) is 5.73 Å². The summed E-state index contributed by atoms with van der Waals surface area (Å²) in [5.41, 5.74) is 3.88. The number of halogens is 4. The van der Waals surface area contributed by atoms with E-state index >= 15 is 0 Å². The molecule has 3 N–H and O–H groups in total. The first-order valence-corrected chi connectivity index (χ1v) is 4.60. The second-order valence-electron chi connectivity index (χ2n) is 3.33. The summed E-state index contributed by atoms with van der Waals surface area (Å²) in [6.07, 6.45) is -4.72. The van der Waals surface area contributed by atoms with E-state index in [0.717, 1.165) is 6.07 Å². The van der Waals surface area contributed by atoms with E-state index in [9.17, 15) is 17.6 Å². The van der Waals surface area contributed by atoms with Gasteiger partial charge in [-0.1, -0.05) is 12.1 Å². The third kappa shape index (κ3) is 2.70. The summed E-state index contributed by atoms with van der Waals surface area (Å²) >= 11 is 0. The van der Waals surface area contributed by atoms with E-state index in [2.05, 4.69) is 0 Å². The number of benzene rings is 1. The normalized spacial score (nSPS) is 13.9. The lowest BCUT2D eigenvalue weighted by Gasteiger charge is -2.15. The molecule has 2 nitrogen and oxygen atoms in total. The van der Waals surface area contributed by atoms with Crippen molar-refractivity contribution >= 4 is 0 Å². The molecule has 1 aromatic rings. The summed E-state index contributed by atoms with van der Waals surface area (Å²) in [6, 6.07) is 2.00. The average Bonchev–Trinajstić information content (AvgIpc) is 2.16. The molecule has 0 aliphatic heterocycles. The van der Waals surface area contributed by atoms with E-state index in [0.29, 0.717) is 6.07 Å². The van der Waals surface area contributed by atoms with Gasteiger partial charge in [-0.15, -0.1) is 0 Å². The average molecular weight is 237 g/mol. The van der Waals surface area contributed by atoms with Gasteiger partial charge in [-0.2, -0.15) is 13.2 Å². The van der Waals surface area contributed by atoms with Gasteiger partial charge in [0.15, 0.2) is 0 Å². The zero-order valence-electron chi connectivity index (χ0n) is 8.26. The van der Waals surface area contributed by atoms with Crippen LogP contribution in [0.25, 0.3) is 0 Å². The first kappa shape index (κ1) is 12.9. The fourth-order valence-corrected chi connectivity index (χ4v) is 1.35. The molecule has 0 fully saturated rings. The molecule has 6 heteroatoms. The molecular weight excluding hydrogens is 226 g/mol. The molecule has 1 atom stereocenters. The van der Waals surface area contributed by atoms with Gasteiger partial charge in [0, 0.05) is 18.2 Å². The fraction of sp³-hybridized carbons (Fsp3) is 0.400. The third-order valence-corrected chi connectivity index (χ3v) is 2.17. The largest absolute Gasteiger partial charge is 0.419 e. The lowest BCUT2D eigenvalue weighted by molar-refractivity contribution is -0.140. The molecule has 0 bridgehead atoms. The van der Waals surface area contributed by atoms with Gasteiger partial charge in [-0.05, 0) is 12.5 Å². The summed E-state index contributed by atoms with van der Waals surface area (Å²) in [7, 11) is 0. The molecule has 0 aromatic heterocycles. The summed E-state index contributed by atoms with van der Waals surface area (Å²) < 4.78 is 50.5. The smallest absolute Gasteiger partial charge is 0.396 e. The molecule has 1 rings (SSSR count). The van der Waals surface area contributed by atoms with Crippen molar-refractivity contribution in [3.8, 4) is 0 Å². The Morgan fingerprint density at radius 2 is 1.94 bits per heavy atom. The molecular formula is C10H11F4NO. The Kier molecular flexibility index (Phi) is 3.88. The highest BCUT2D eigenvalue weighted by Crippen LogP contribution is 2.33. The van der Waals surface area contributed by atoms with E-state index in [1.807, 2.05) is 0 Å². The van der Waals surface area contributed by atoms with E-state index in [1.54, 1.807) is 0 Å². The van der Waals surface area contributed by atoms with Crippen LogP contribution in [0.4, 0.5) is 17.6 Å². The zero-order chi connectivity index (χ0) is 12.3. The Morgan fingerprint density at radius 3 is 2.44 bits per heavy atom. The molecule has 90 valence electrons. The molecule has 0 unspecified atom stereocenters. The van der Waals surface area contributed by atoms with Crippen LogP contribution < -0.4 is 5.73 Å². The monoisotopic (exact) mass is 237 g/mol. The summed E-state index contributed by atoms with van der Waals surface area (Å²) in [4.78, 5) is 0. The van der Waals surface area contributed by atoms with Crippen LogP contribution in [0.3, 0.4) is 0 Å². The Hall–Kier alpha value is -1.14. The van der Waals surface area contributed by atoms with Crippen molar-refractivity contribution in [2.45, 2.75) is 18.6 Å². The van der Waals surface area contributed by atoms with Gasteiger partial charge >= 0.3 is 6.18 Å². The van der Waals surface area contributed by atoms with Crippen LogP contribution in [0.1, 0.15) is 23.6 Å². The SMILES string of the molecule is N[C@H](CCO)c1cccc(C(F)(F)F)c1F. The maximum Gasteiger partial charge on any atom is 0.419 e. The number of alkyl halides is 3. The van der Waals surface area contributed by atoms with Gasteiger partial charge in [-0.3, -0.25) is 0 Å². The molecule has 0 heterocycles. The minimum atomic E-state index is -4.74. The second-order valence-corrected chi connectivity index (χ2v) is 3.33. The molecule has 0 amide bonds. The third-order valence-electron chi connectivity index (χ3n) is 2.17. The van der Waals surface area contributed by atoms with Crippen molar-refractivity contribution in [2.75, 3.05) is 6.61 Å². The first-order chi connectivity index (χ1) is 7.38. The molecule has 0 radical (unpaired) electrons. The van der Waals surface area contributed by atoms with Gasteiger partial charge < -0.3 is 10.8 Å². The number of aliphatic hydroxyl groups excluding tert-OH is 1. The second kappa shape index (κ2) is 4.80. The molecule has 0 saturated heterocycles. The van der Waals surface area contributed by atoms with Crippen molar-refractivity contribution in [3.05, 3.63) is 35.1 Å². The maximum atomic E-state index is 13.5. The Bertz CT molecular complexity index is 364. The standard InChI is InChI=1S/C10H11F4NO/c11-9-6(8(15)4-5-16)2-1-3-7(9)10(12,13)14/h1-3,8,16H,4-5,15H2/t8-/m1/s1.